The van der Waals surface area contributed by atoms with Crippen molar-refractivity contribution in [2.24, 2.45) is 0 Å². The summed E-state index contributed by atoms with van der Waals surface area (Å²) >= 11 is 3.76. The Morgan fingerprint density at radius 2 is 0.986 bits per heavy atom. The third kappa shape index (κ3) is 21.5. The molecule has 0 aromatic rings. The van der Waals surface area contributed by atoms with Gasteiger partial charge in [0.2, 0.25) is 17.7 Å². The van der Waals surface area contributed by atoms with Crippen molar-refractivity contribution in [2.75, 3.05) is 90.6 Å². The second-order valence-corrected chi connectivity index (χ2v) is 20.2. The number of carbonyl (C=O) groups is 8. The van der Waals surface area contributed by atoms with E-state index in [9.17, 15) is 38.4 Å². The van der Waals surface area contributed by atoms with Gasteiger partial charge in [0.05, 0.1) is 63.8 Å². The lowest BCUT2D eigenvalue weighted by atomic mass is 10.0. The highest BCUT2D eigenvalue weighted by atomic mass is 32.2. The largest absolute Gasteiger partial charge is 0.379 e. The first-order valence-electron chi connectivity index (χ1n) is 24.7. The molecule has 390 valence electrons. The van der Waals surface area contributed by atoms with Gasteiger partial charge >= 0.3 is 18.0 Å². The van der Waals surface area contributed by atoms with E-state index in [1.54, 1.807) is 0 Å². The van der Waals surface area contributed by atoms with Gasteiger partial charge in [-0.15, -0.1) is 5.06 Å². The summed E-state index contributed by atoms with van der Waals surface area (Å²) in [7, 11) is 0. The Morgan fingerprint density at radius 3 is 1.51 bits per heavy atom. The Hall–Kier alpha value is -3.94. The summed E-state index contributed by atoms with van der Waals surface area (Å²) in [5, 5.41) is 21.9. The maximum atomic E-state index is 12.3. The quantitative estimate of drug-likeness (QED) is 0.0260. The van der Waals surface area contributed by atoms with E-state index in [-0.39, 0.29) is 105 Å². The van der Waals surface area contributed by atoms with Crippen molar-refractivity contribution in [3.05, 3.63) is 0 Å². The molecule has 7 N–H and O–H groups in total. The van der Waals surface area contributed by atoms with Gasteiger partial charge in [-0.1, -0.05) is 12.8 Å². The number of urea groups is 2. The van der Waals surface area contributed by atoms with Gasteiger partial charge in [-0.05, 0) is 51.4 Å². The smallest absolute Gasteiger partial charge is 0.333 e. The minimum Gasteiger partial charge on any atom is -0.379 e. The summed E-state index contributed by atoms with van der Waals surface area (Å²) in [6, 6.07) is 0.620. The first-order chi connectivity index (χ1) is 33.5. The monoisotopic (exact) mass is 1010 g/mol. The van der Waals surface area contributed by atoms with Crippen LogP contribution in [0.2, 0.25) is 0 Å². The van der Waals surface area contributed by atoms with Crippen LogP contribution < -0.4 is 37.2 Å². The Bertz CT molecular complexity index is 1650. The number of fused-ring (bicyclic) bond motifs is 2. The van der Waals surface area contributed by atoms with E-state index < -0.39 is 17.8 Å². The lowest BCUT2D eigenvalue weighted by Gasteiger charge is -2.19. The number of thioether (sulfide) groups is 2. The van der Waals surface area contributed by atoms with Crippen LogP contribution in [-0.4, -0.2) is 184 Å². The summed E-state index contributed by atoms with van der Waals surface area (Å²) in [6.45, 7) is 4.55. The van der Waals surface area contributed by atoms with Crippen LogP contribution >= 0.6 is 23.5 Å². The molecule has 0 aliphatic carbocycles. The number of hydrogen-bond acceptors (Lipinski definition) is 16. The van der Waals surface area contributed by atoms with Crippen LogP contribution in [0, 0.1) is 0 Å². The van der Waals surface area contributed by atoms with Crippen LogP contribution in [0.4, 0.5) is 9.59 Å². The van der Waals surface area contributed by atoms with E-state index in [2.05, 4.69) is 37.2 Å². The summed E-state index contributed by atoms with van der Waals surface area (Å²) in [5.41, 5.74) is 0. The molecule has 0 spiro atoms. The summed E-state index contributed by atoms with van der Waals surface area (Å²) < 4.78 is 29.1. The van der Waals surface area contributed by atoms with Gasteiger partial charge in [0.1, 0.15) is 6.10 Å². The maximum absolute atomic E-state index is 12.3. The molecule has 5 aliphatic rings. The van der Waals surface area contributed by atoms with Crippen LogP contribution in [0.25, 0.3) is 0 Å². The first-order valence-corrected chi connectivity index (χ1v) is 26.8. The average molecular weight is 1020 g/mol. The number of unbranched alkanes of at least 4 members (excludes halogenated alkanes) is 2. The fourth-order valence-electron chi connectivity index (χ4n) is 8.39. The average Bonchev–Trinajstić information content (AvgIpc) is 4.15. The molecular formula is C45H74N8O14S2. The van der Waals surface area contributed by atoms with Gasteiger partial charge in [0.15, 0.2) is 0 Å². The molecule has 9 amide bonds. The normalized spacial score (nSPS) is 22.9. The second kappa shape index (κ2) is 32.1. The molecule has 24 heteroatoms. The van der Waals surface area contributed by atoms with E-state index in [0.29, 0.717) is 114 Å². The fraction of sp³-hybridized carbons (Fsp3) is 0.822. The van der Waals surface area contributed by atoms with Gasteiger partial charge in [0.25, 0.3) is 11.8 Å². The number of rotatable bonds is 38. The molecule has 0 aromatic heterocycles. The van der Waals surface area contributed by atoms with Gasteiger partial charge < -0.3 is 65.7 Å². The Balaban J connectivity index is 0.855. The van der Waals surface area contributed by atoms with Crippen molar-refractivity contribution < 1.29 is 66.9 Å². The van der Waals surface area contributed by atoms with Crippen molar-refractivity contribution in [1.82, 2.24) is 42.3 Å². The molecule has 0 radical (unpaired) electrons. The number of carbonyl (C=O) groups excluding carboxylic acids is 8. The molecule has 22 nitrogen and oxygen atoms in total. The number of hydroxylamine groups is 2. The minimum absolute atomic E-state index is 0.0133. The van der Waals surface area contributed by atoms with Gasteiger partial charge in [0, 0.05) is 100.0 Å². The molecule has 7 unspecified atom stereocenters. The molecule has 5 heterocycles. The topological polar surface area (TPSA) is 279 Å². The van der Waals surface area contributed by atoms with Crippen LogP contribution in [0.15, 0.2) is 0 Å². The van der Waals surface area contributed by atoms with Crippen molar-refractivity contribution >= 4 is 71.1 Å². The third-order valence-corrected chi connectivity index (χ3v) is 15.1. The highest BCUT2D eigenvalue weighted by molar-refractivity contribution is 8.00. The second-order valence-electron chi connectivity index (χ2n) is 17.6. The number of nitrogens with one attached hydrogen (secondary N) is 7. The number of amides is 9. The number of ether oxygens (including phenoxy) is 5. The van der Waals surface area contributed by atoms with Crippen molar-refractivity contribution in [2.45, 2.75) is 144 Å². The zero-order valence-electron chi connectivity index (χ0n) is 39.7. The number of hydrogen-bond donors (Lipinski definition) is 7. The first kappa shape index (κ1) is 56.0. The molecule has 5 aliphatic heterocycles. The minimum atomic E-state index is -0.745. The van der Waals surface area contributed by atoms with E-state index in [1.807, 2.05) is 23.5 Å². The van der Waals surface area contributed by atoms with E-state index in [0.717, 1.165) is 50.0 Å². The predicted molar refractivity (Wildman–Crippen MR) is 255 cm³/mol. The molecule has 5 saturated heterocycles. The Morgan fingerprint density at radius 1 is 0.536 bits per heavy atom. The fourth-order valence-corrected chi connectivity index (χ4v) is 11.5. The predicted octanol–water partition coefficient (Wildman–Crippen LogP) is 1.19. The van der Waals surface area contributed by atoms with Gasteiger partial charge in [-0.2, -0.15) is 23.5 Å². The lowest BCUT2D eigenvalue weighted by molar-refractivity contribution is -0.197. The van der Waals surface area contributed by atoms with Crippen LogP contribution in [0.5, 0.6) is 0 Å². The SMILES string of the molecule is O=C(CCCCC1SCC2NC(=O)NC21)NCCCOCCOCC(COCCCNC(=O)CCCC(=O)ON1C(=O)CCC1=O)OCCOCCCNC(=O)CCCCC1SCC2NC(=O)NC21. The van der Waals surface area contributed by atoms with Crippen LogP contribution in [-0.2, 0) is 57.3 Å². The van der Waals surface area contributed by atoms with Gasteiger partial charge in [-0.3, -0.25) is 24.0 Å². The molecule has 0 bridgehead atoms. The zero-order valence-corrected chi connectivity index (χ0v) is 41.4. The Labute approximate surface area is 413 Å². The van der Waals surface area contributed by atoms with Gasteiger partial charge in [-0.25, -0.2) is 14.4 Å². The Kier molecular flexibility index (Phi) is 26.1. The van der Waals surface area contributed by atoms with Crippen molar-refractivity contribution in [1.29, 1.82) is 0 Å². The summed E-state index contributed by atoms with van der Waals surface area (Å²) in [5.74, 6) is -0.189. The molecule has 7 atom stereocenters. The van der Waals surface area contributed by atoms with Crippen molar-refractivity contribution in [3.63, 3.8) is 0 Å². The standard InChI is InChI=1S/C45H74N8O14S2/c54-36(11-3-1-9-34-42-32(29-68-34)49-44(60)51-42)46-17-6-20-62-23-24-65-28-31(27-64-22-8-19-48-38(56)13-5-14-41(59)67-53-39(57)15-16-40(53)58)66-26-25-63-21-7-18-47-37(55)12-4-2-10-35-43-33(30-69-35)50-45(61)52-43/h31-35,42-43H,1-30H2,(H,46,54)(H,47,55)(H,48,56)(H2,49,51,60)(H2,50,52,61). The third-order valence-electron chi connectivity index (χ3n) is 12.1. The van der Waals surface area contributed by atoms with E-state index in [4.69, 9.17) is 28.5 Å². The number of imide groups is 1. The highest BCUT2D eigenvalue weighted by Gasteiger charge is 2.43. The molecule has 5 fully saturated rings. The van der Waals surface area contributed by atoms with E-state index >= 15 is 0 Å². The molecule has 69 heavy (non-hydrogen) atoms. The number of nitrogens with zero attached hydrogens (tertiary/aromatic N) is 1. The van der Waals surface area contributed by atoms with Crippen LogP contribution in [0.3, 0.4) is 0 Å². The molecule has 0 aromatic carbocycles. The lowest BCUT2D eigenvalue weighted by Crippen LogP contribution is -2.36. The van der Waals surface area contributed by atoms with Crippen molar-refractivity contribution in [3.8, 4) is 0 Å². The molecular weight excluding hydrogens is 941 g/mol. The highest BCUT2D eigenvalue weighted by Crippen LogP contribution is 2.34. The van der Waals surface area contributed by atoms with E-state index in [1.165, 1.54) is 0 Å². The summed E-state index contributed by atoms with van der Waals surface area (Å²) in [4.78, 5) is 100. The maximum Gasteiger partial charge on any atom is 0.333 e. The zero-order chi connectivity index (χ0) is 49.1. The molecule has 5 rings (SSSR count). The summed E-state index contributed by atoms with van der Waals surface area (Å²) in [6.07, 6.45) is 8.07. The molecule has 0 saturated carbocycles. The van der Waals surface area contributed by atoms with Crippen LogP contribution in [0.1, 0.15) is 103 Å².